The van der Waals surface area contributed by atoms with E-state index in [2.05, 4.69) is 0 Å². The zero-order valence-corrected chi connectivity index (χ0v) is 13.2. The van der Waals surface area contributed by atoms with Gasteiger partial charge in [0.25, 0.3) is 0 Å². The molecular formula is C17H21NO5. The van der Waals surface area contributed by atoms with Gasteiger partial charge >= 0.3 is 5.97 Å². The lowest BCUT2D eigenvalue weighted by molar-refractivity contribution is -0.147. The molecule has 3 rings (SSSR count). The standard InChI is InChI=1S/C17H21NO5/c1-22-14-2-3-15-12(9-14)8-13(10-23-15)16(19)18-6-4-11(5-7-18)17(20)21/h2-3,9,11,13H,4-8,10H2,1H3,(H,20,21). The van der Waals surface area contributed by atoms with Gasteiger partial charge in [-0.25, -0.2) is 0 Å². The highest BCUT2D eigenvalue weighted by Crippen LogP contribution is 2.32. The van der Waals surface area contributed by atoms with Gasteiger partial charge in [0.05, 0.1) is 18.9 Å². The van der Waals surface area contributed by atoms with Gasteiger partial charge in [-0.1, -0.05) is 0 Å². The third-order valence-electron chi connectivity index (χ3n) is 4.68. The number of hydrogen-bond acceptors (Lipinski definition) is 4. The number of amides is 1. The first-order valence-corrected chi connectivity index (χ1v) is 7.90. The van der Waals surface area contributed by atoms with Crippen molar-refractivity contribution in [3.05, 3.63) is 23.8 Å². The van der Waals surface area contributed by atoms with Crippen molar-refractivity contribution >= 4 is 11.9 Å². The number of ether oxygens (including phenoxy) is 2. The van der Waals surface area contributed by atoms with Crippen molar-refractivity contribution < 1.29 is 24.2 Å². The Morgan fingerprint density at radius 2 is 2.00 bits per heavy atom. The van der Waals surface area contributed by atoms with Gasteiger partial charge in [0.1, 0.15) is 18.1 Å². The molecule has 6 nitrogen and oxygen atoms in total. The average Bonchev–Trinajstić information content (AvgIpc) is 2.60. The minimum absolute atomic E-state index is 0.0577. The highest BCUT2D eigenvalue weighted by atomic mass is 16.5. The molecule has 0 bridgehead atoms. The van der Waals surface area contributed by atoms with Crippen LogP contribution in [0.25, 0.3) is 0 Å². The van der Waals surface area contributed by atoms with Gasteiger partial charge in [0.2, 0.25) is 5.91 Å². The number of piperidine rings is 1. The molecule has 0 aliphatic carbocycles. The summed E-state index contributed by atoms with van der Waals surface area (Å²) in [5.41, 5.74) is 0.981. The van der Waals surface area contributed by atoms with E-state index in [0.29, 0.717) is 39.0 Å². The third-order valence-corrected chi connectivity index (χ3v) is 4.68. The first-order chi connectivity index (χ1) is 11.1. The van der Waals surface area contributed by atoms with E-state index >= 15 is 0 Å². The second-order valence-electron chi connectivity index (χ2n) is 6.12. The van der Waals surface area contributed by atoms with E-state index in [1.807, 2.05) is 18.2 Å². The molecule has 1 N–H and O–H groups in total. The number of aliphatic carboxylic acids is 1. The molecule has 1 fully saturated rings. The Hall–Kier alpha value is -2.24. The summed E-state index contributed by atoms with van der Waals surface area (Å²) in [6.07, 6.45) is 1.68. The number of methoxy groups -OCH3 is 1. The number of rotatable bonds is 3. The summed E-state index contributed by atoms with van der Waals surface area (Å²) in [6, 6.07) is 5.62. The van der Waals surface area contributed by atoms with Crippen LogP contribution in [-0.2, 0) is 16.0 Å². The highest BCUT2D eigenvalue weighted by molar-refractivity contribution is 5.80. The van der Waals surface area contributed by atoms with Crippen LogP contribution in [0.3, 0.4) is 0 Å². The summed E-state index contributed by atoms with van der Waals surface area (Å²) in [7, 11) is 1.61. The van der Waals surface area contributed by atoms with E-state index in [9.17, 15) is 9.59 Å². The quantitative estimate of drug-likeness (QED) is 0.915. The molecule has 2 heterocycles. The van der Waals surface area contributed by atoms with Gasteiger partial charge in [0, 0.05) is 13.1 Å². The largest absolute Gasteiger partial charge is 0.497 e. The van der Waals surface area contributed by atoms with E-state index in [1.165, 1.54) is 0 Å². The van der Waals surface area contributed by atoms with Gasteiger partial charge in [0.15, 0.2) is 0 Å². The number of carbonyl (C=O) groups is 2. The van der Waals surface area contributed by atoms with E-state index in [-0.39, 0.29) is 17.7 Å². The molecular weight excluding hydrogens is 298 g/mol. The van der Waals surface area contributed by atoms with Gasteiger partial charge < -0.3 is 19.5 Å². The third kappa shape index (κ3) is 3.25. The normalized spacial score (nSPS) is 21.3. The molecule has 1 saturated heterocycles. The summed E-state index contributed by atoms with van der Waals surface area (Å²) >= 11 is 0. The summed E-state index contributed by atoms with van der Waals surface area (Å²) in [6.45, 7) is 1.39. The monoisotopic (exact) mass is 319 g/mol. The Bertz CT molecular complexity index is 607. The van der Waals surface area contributed by atoms with E-state index in [0.717, 1.165) is 17.1 Å². The van der Waals surface area contributed by atoms with Crippen LogP contribution in [0, 0.1) is 11.8 Å². The minimum Gasteiger partial charge on any atom is -0.497 e. The Balaban J connectivity index is 1.64. The van der Waals surface area contributed by atoms with E-state index in [4.69, 9.17) is 14.6 Å². The zero-order valence-electron chi connectivity index (χ0n) is 13.2. The van der Waals surface area contributed by atoms with Crippen LogP contribution in [0.5, 0.6) is 11.5 Å². The molecule has 2 aliphatic rings. The fourth-order valence-corrected chi connectivity index (χ4v) is 3.26. The molecule has 124 valence electrons. The molecule has 0 spiro atoms. The second kappa shape index (κ2) is 6.48. The lowest BCUT2D eigenvalue weighted by Crippen LogP contribution is -2.45. The van der Waals surface area contributed by atoms with Crippen molar-refractivity contribution in [2.24, 2.45) is 11.8 Å². The number of likely N-dealkylation sites (tertiary alicyclic amines) is 1. The maximum atomic E-state index is 12.7. The second-order valence-corrected chi connectivity index (χ2v) is 6.12. The van der Waals surface area contributed by atoms with Gasteiger partial charge in [-0.15, -0.1) is 0 Å². The topological polar surface area (TPSA) is 76.1 Å². The summed E-state index contributed by atoms with van der Waals surface area (Å²) in [5.74, 6) is 0.311. The van der Waals surface area contributed by atoms with Gasteiger partial charge in [-0.05, 0) is 43.0 Å². The Morgan fingerprint density at radius 3 is 2.65 bits per heavy atom. The molecule has 2 aliphatic heterocycles. The van der Waals surface area contributed by atoms with Crippen LogP contribution in [0.4, 0.5) is 0 Å². The van der Waals surface area contributed by atoms with Crippen molar-refractivity contribution in [3.63, 3.8) is 0 Å². The predicted molar refractivity (Wildman–Crippen MR) is 82.6 cm³/mol. The minimum atomic E-state index is -0.765. The van der Waals surface area contributed by atoms with Crippen molar-refractivity contribution in [2.45, 2.75) is 19.3 Å². The maximum absolute atomic E-state index is 12.7. The van der Waals surface area contributed by atoms with E-state index < -0.39 is 5.97 Å². The molecule has 1 amide bonds. The number of benzene rings is 1. The molecule has 1 unspecified atom stereocenters. The maximum Gasteiger partial charge on any atom is 0.306 e. The molecule has 1 aromatic carbocycles. The van der Waals surface area contributed by atoms with Crippen LogP contribution >= 0.6 is 0 Å². The van der Waals surface area contributed by atoms with Gasteiger partial charge in [-0.3, -0.25) is 9.59 Å². The van der Waals surface area contributed by atoms with Crippen molar-refractivity contribution in [1.82, 2.24) is 4.90 Å². The number of carboxylic acids is 1. The van der Waals surface area contributed by atoms with Crippen LogP contribution < -0.4 is 9.47 Å². The number of carboxylic acid groups (broad SMARTS) is 1. The highest BCUT2D eigenvalue weighted by Gasteiger charge is 2.33. The average molecular weight is 319 g/mol. The van der Waals surface area contributed by atoms with Crippen molar-refractivity contribution in [3.8, 4) is 11.5 Å². The van der Waals surface area contributed by atoms with E-state index in [1.54, 1.807) is 12.0 Å². The van der Waals surface area contributed by atoms with Crippen molar-refractivity contribution in [2.75, 3.05) is 26.8 Å². The molecule has 23 heavy (non-hydrogen) atoms. The molecule has 0 aromatic heterocycles. The number of carbonyl (C=O) groups excluding carboxylic acids is 1. The Kier molecular flexibility index (Phi) is 4.41. The SMILES string of the molecule is COc1ccc2c(c1)CC(C(=O)N1CCC(C(=O)O)CC1)CO2. The number of hydrogen-bond donors (Lipinski definition) is 1. The summed E-state index contributed by atoms with van der Waals surface area (Å²) < 4.78 is 10.9. The lowest BCUT2D eigenvalue weighted by Gasteiger charge is -2.34. The first kappa shape index (κ1) is 15.6. The fraction of sp³-hybridized carbons (Fsp3) is 0.529. The van der Waals surface area contributed by atoms with Crippen LogP contribution in [0.1, 0.15) is 18.4 Å². The number of fused-ring (bicyclic) bond motifs is 1. The van der Waals surface area contributed by atoms with Crippen LogP contribution in [0.15, 0.2) is 18.2 Å². The van der Waals surface area contributed by atoms with Gasteiger partial charge in [-0.2, -0.15) is 0 Å². The fourth-order valence-electron chi connectivity index (χ4n) is 3.26. The molecule has 1 aromatic rings. The summed E-state index contributed by atoms with van der Waals surface area (Å²) in [5, 5.41) is 9.04. The molecule has 1 atom stereocenters. The molecule has 0 saturated carbocycles. The zero-order chi connectivity index (χ0) is 16.4. The Morgan fingerprint density at radius 1 is 1.26 bits per heavy atom. The first-order valence-electron chi connectivity index (χ1n) is 7.90. The van der Waals surface area contributed by atoms with Crippen LogP contribution in [0.2, 0.25) is 0 Å². The van der Waals surface area contributed by atoms with Crippen molar-refractivity contribution in [1.29, 1.82) is 0 Å². The Labute approximate surface area is 135 Å². The number of nitrogens with zero attached hydrogens (tertiary/aromatic N) is 1. The smallest absolute Gasteiger partial charge is 0.306 e. The lowest BCUT2D eigenvalue weighted by atomic mass is 9.92. The van der Waals surface area contributed by atoms with Crippen LogP contribution in [-0.4, -0.2) is 48.7 Å². The molecule has 0 radical (unpaired) electrons. The predicted octanol–water partition coefficient (Wildman–Crippen LogP) is 1.57. The summed E-state index contributed by atoms with van der Waals surface area (Å²) in [4.78, 5) is 25.4. The molecule has 6 heteroatoms.